The summed E-state index contributed by atoms with van der Waals surface area (Å²) in [6.45, 7) is 7.72. The molecular weight excluding hydrogens is 304 g/mol. The Morgan fingerprint density at radius 3 is 2.21 bits per heavy atom. The van der Waals surface area contributed by atoms with Crippen LogP contribution in [0.5, 0.6) is 0 Å². The summed E-state index contributed by atoms with van der Waals surface area (Å²) in [6.07, 6.45) is 1.16. The Kier molecular flexibility index (Phi) is 4.02. The molecule has 0 fully saturated rings. The van der Waals surface area contributed by atoms with Crippen LogP contribution >= 0.6 is 15.9 Å². The van der Waals surface area contributed by atoms with Gasteiger partial charge in [-0.15, -0.1) is 0 Å². The molecule has 0 radical (unpaired) electrons. The summed E-state index contributed by atoms with van der Waals surface area (Å²) in [4.78, 5) is 8.85. The Labute approximate surface area is 121 Å². The third-order valence-corrected chi connectivity index (χ3v) is 4.41. The summed E-state index contributed by atoms with van der Waals surface area (Å²) in [6, 6.07) is 4.13. The normalized spacial score (nSPS) is 12.5. The zero-order chi connectivity index (χ0) is 14.2. The molecule has 0 aliphatic carbocycles. The lowest BCUT2D eigenvalue weighted by molar-refractivity contribution is 0.197. The lowest BCUT2D eigenvalue weighted by Crippen LogP contribution is -2.01. The smallest absolute Gasteiger partial charge is 0.159 e. The van der Waals surface area contributed by atoms with Crippen LogP contribution in [0.3, 0.4) is 0 Å². The highest BCUT2D eigenvalue weighted by molar-refractivity contribution is 9.10. The van der Waals surface area contributed by atoms with Gasteiger partial charge >= 0.3 is 0 Å². The van der Waals surface area contributed by atoms with Gasteiger partial charge in [0.15, 0.2) is 5.82 Å². The van der Waals surface area contributed by atoms with Crippen LogP contribution in [0.2, 0.25) is 0 Å². The Morgan fingerprint density at radius 1 is 1.16 bits per heavy atom. The van der Waals surface area contributed by atoms with E-state index in [0.717, 1.165) is 32.4 Å². The van der Waals surface area contributed by atoms with E-state index in [9.17, 15) is 5.11 Å². The van der Waals surface area contributed by atoms with Crippen molar-refractivity contribution in [2.45, 2.75) is 33.8 Å². The minimum Gasteiger partial charge on any atom is -0.389 e. The average molecular weight is 321 g/mol. The van der Waals surface area contributed by atoms with Gasteiger partial charge in [0.1, 0.15) is 0 Å². The lowest BCUT2D eigenvalue weighted by Gasteiger charge is -2.11. The van der Waals surface area contributed by atoms with Crippen molar-refractivity contribution < 1.29 is 5.11 Å². The van der Waals surface area contributed by atoms with E-state index in [-0.39, 0.29) is 0 Å². The molecule has 4 heteroatoms. The van der Waals surface area contributed by atoms with Gasteiger partial charge in [0.05, 0.1) is 6.10 Å². The maximum Gasteiger partial charge on any atom is 0.159 e. The molecule has 1 N–H and O–H groups in total. The number of aliphatic hydroxyl groups excluding tert-OH is 1. The standard InChI is InChI=1S/C15H17BrN2O/c1-8-5-12(6-9(2)14(8)16)15-17-7-13(11(4)19)10(3)18-15/h5-7,11,19H,1-4H3. The summed E-state index contributed by atoms with van der Waals surface area (Å²) < 4.78 is 1.12. The van der Waals surface area contributed by atoms with Crippen LogP contribution < -0.4 is 0 Å². The lowest BCUT2D eigenvalue weighted by atomic mass is 10.1. The molecule has 1 aromatic heterocycles. The van der Waals surface area contributed by atoms with Crippen molar-refractivity contribution in [2.75, 3.05) is 0 Å². The summed E-state index contributed by atoms with van der Waals surface area (Å²) in [5, 5.41) is 9.60. The van der Waals surface area contributed by atoms with Crippen LogP contribution in [0.4, 0.5) is 0 Å². The molecule has 2 rings (SSSR count). The van der Waals surface area contributed by atoms with Gasteiger partial charge in [0.2, 0.25) is 0 Å². The van der Waals surface area contributed by atoms with Crippen molar-refractivity contribution >= 4 is 15.9 Å². The van der Waals surface area contributed by atoms with Crippen molar-refractivity contribution in [1.82, 2.24) is 9.97 Å². The van der Waals surface area contributed by atoms with Crippen molar-refractivity contribution in [3.05, 3.63) is 45.2 Å². The minimum atomic E-state index is -0.539. The van der Waals surface area contributed by atoms with Gasteiger partial charge in [-0.3, -0.25) is 0 Å². The second kappa shape index (κ2) is 5.39. The molecular formula is C15H17BrN2O. The van der Waals surface area contributed by atoms with Crippen molar-refractivity contribution in [3.8, 4) is 11.4 Å². The Bertz CT molecular complexity index is 601. The average Bonchev–Trinajstić information content (AvgIpc) is 2.34. The largest absolute Gasteiger partial charge is 0.389 e. The van der Waals surface area contributed by atoms with Crippen molar-refractivity contribution in [1.29, 1.82) is 0 Å². The number of halogens is 1. The molecule has 19 heavy (non-hydrogen) atoms. The van der Waals surface area contributed by atoms with E-state index >= 15 is 0 Å². The fourth-order valence-electron chi connectivity index (χ4n) is 2.10. The number of aryl methyl sites for hydroxylation is 3. The molecule has 1 aromatic carbocycles. The summed E-state index contributed by atoms with van der Waals surface area (Å²) in [7, 11) is 0. The molecule has 0 bridgehead atoms. The van der Waals surface area contributed by atoms with Gasteiger partial charge in [-0.25, -0.2) is 9.97 Å². The predicted octanol–water partition coefficient (Wildman–Crippen LogP) is 3.88. The quantitative estimate of drug-likeness (QED) is 0.913. The van der Waals surface area contributed by atoms with Crippen LogP contribution in [0, 0.1) is 20.8 Å². The van der Waals surface area contributed by atoms with Crippen LogP contribution in [0.15, 0.2) is 22.8 Å². The second-order valence-electron chi connectivity index (χ2n) is 4.83. The molecule has 100 valence electrons. The molecule has 0 saturated heterocycles. The molecule has 0 amide bonds. The van der Waals surface area contributed by atoms with E-state index in [4.69, 9.17) is 0 Å². The van der Waals surface area contributed by atoms with E-state index in [2.05, 4.69) is 51.9 Å². The minimum absolute atomic E-state index is 0.539. The first-order valence-electron chi connectivity index (χ1n) is 6.19. The molecule has 0 spiro atoms. The van der Waals surface area contributed by atoms with Gasteiger partial charge in [0, 0.05) is 27.5 Å². The van der Waals surface area contributed by atoms with Gasteiger partial charge in [-0.1, -0.05) is 15.9 Å². The highest BCUT2D eigenvalue weighted by Gasteiger charge is 2.11. The van der Waals surface area contributed by atoms with E-state index in [1.165, 1.54) is 0 Å². The molecule has 3 nitrogen and oxygen atoms in total. The molecule has 1 unspecified atom stereocenters. The fraction of sp³-hybridized carbons (Fsp3) is 0.333. The number of hydrogen-bond donors (Lipinski definition) is 1. The first-order valence-corrected chi connectivity index (χ1v) is 6.98. The molecule has 0 aliphatic rings. The molecule has 1 heterocycles. The van der Waals surface area contributed by atoms with E-state index in [0.29, 0.717) is 5.82 Å². The molecule has 1 atom stereocenters. The van der Waals surface area contributed by atoms with E-state index in [1.807, 2.05) is 6.92 Å². The highest BCUT2D eigenvalue weighted by atomic mass is 79.9. The first kappa shape index (κ1) is 14.2. The number of nitrogens with zero attached hydrogens (tertiary/aromatic N) is 2. The monoisotopic (exact) mass is 320 g/mol. The number of benzene rings is 1. The van der Waals surface area contributed by atoms with Gasteiger partial charge in [-0.05, 0) is 51.0 Å². The number of hydrogen-bond acceptors (Lipinski definition) is 3. The number of aliphatic hydroxyl groups is 1. The van der Waals surface area contributed by atoms with Gasteiger partial charge < -0.3 is 5.11 Å². The Balaban J connectivity index is 2.51. The van der Waals surface area contributed by atoms with Crippen molar-refractivity contribution in [3.63, 3.8) is 0 Å². The predicted molar refractivity (Wildman–Crippen MR) is 80.0 cm³/mol. The Hall–Kier alpha value is -1.26. The molecule has 2 aromatic rings. The van der Waals surface area contributed by atoms with Gasteiger partial charge in [-0.2, -0.15) is 0 Å². The maximum absolute atomic E-state index is 9.60. The zero-order valence-corrected chi connectivity index (χ0v) is 13.1. The maximum atomic E-state index is 9.60. The van der Waals surface area contributed by atoms with E-state index < -0.39 is 6.10 Å². The topological polar surface area (TPSA) is 46.0 Å². The number of aromatic nitrogens is 2. The van der Waals surface area contributed by atoms with Gasteiger partial charge in [0.25, 0.3) is 0 Å². The van der Waals surface area contributed by atoms with Crippen LogP contribution in [-0.4, -0.2) is 15.1 Å². The van der Waals surface area contributed by atoms with Crippen LogP contribution in [0.25, 0.3) is 11.4 Å². The van der Waals surface area contributed by atoms with Crippen LogP contribution in [-0.2, 0) is 0 Å². The summed E-state index contributed by atoms with van der Waals surface area (Å²) >= 11 is 3.56. The number of rotatable bonds is 2. The SMILES string of the molecule is Cc1cc(-c2ncc(C(C)O)c(C)n2)cc(C)c1Br. The Morgan fingerprint density at radius 2 is 1.74 bits per heavy atom. The third-order valence-electron chi connectivity index (χ3n) is 3.16. The molecule has 0 aliphatic heterocycles. The summed E-state index contributed by atoms with van der Waals surface area (Å²) in [5.74, 6) is 0.695. The molecule has 0 saturated carbocycles. The summed E-state index contributed by atoms with van der Waals surface area (Å²) in [5.41, 5.74) is 4.91. The first-order chi connectivity index (χ1) is 8.90. The fourth-order valence-corrected chi connectivity index (χ4v) is 2.33. The second-order valence-corrected chi connectivity index (χ2v) is 5.63. The third kappa shape index (κ3) is 2.85. The van der Waals surface area contributed by atoms with E-state index in [1.54, 1.807) is 13.1 Å². The highest BCUT2D eigenvalue weighted by Crippen LogP contribution is 2.27. The zero-order valence-electron chi connectivity index (χ0n) is 11.5. The van der Waals surface area contributed by atoms with Crippen LogP contribution in [0.1, 0.15) is 35.4 Å². The van der Waals surface area contributed by atoms with Crippen molar-refractivity contribution in [2.24, 2.45) is 0 Å².